The molecular formula is C19H18O6. The molecule has 130 valence electrons. The van der Waals surface area contributed by atoms with Crippen molar-refractivity contribution < 1.29 is 23.4 Å². The molecule has 3 aromatic rings. The second-order valence-electron chi connectivity index (χ2n) is 5.18. The third-order valence-corrected chi connectivity index (χ3v) is 3.89. The predicted molar refractivity (Wildman–Crippen MR) is 94.1 cm³/mol. The molecule has 0 atom stereocenters. The van der Waals surface area contributed by atoms with Gasteiger partial charge in [-0.15, -0.1) is 0 Å². The van der Waals surface area contributed by atoms with Crippen molar-refractivity contribution in [2.75, 3.05) is 28.4 Å². The first-order chi connectivity index (χ1) is 12.2. The lowest BCUT2D eigenvalue weighted by molar-refractivity contribution is 0.325. The lowest BCUT2D eigenvalue weighted by Gasteiger charge is -2.15. The molecule has 0 saturated heterocycles. The van der Waals surface area contributed by atoms with E-state index in [0.29, 0.717) is 22.8 Å². The Morgan fingerprint density at radius 1 is 0.800 bits per heavy atom. The Morgan fingerprint density at radius 3 is 2.00 bits per heavy atom. The lowest BCUT2D eigenvalue weighted by atomic mass is 10.1. The Morgan fingerprint density at radius 2 is 1.44 bits per heavy atom. The number of methoxy groups -OCH3 is 4. The van der Waals surface area contributed by atoms with Crippen molar-refractivity contribution in [1.82, 2.24) is 0 Å². The van der Waals surface area contributed by atoms with Crippen LogP contribution >= 0.6 is 0 Å². The highest BCUT2D eigenvalue weighted by molar-refractivity contribution is 5.91. The van der Waals surface area contributed by atoms with Crippen LogP contribution in [0.15, 0.2) is 45.6 Å². The zero-order chi connectivity index (χ0) is 18.0. The normalized spacial score (nSPS) is 10.6. The highest BCUT2D eigenvalue weighted by Gasteiger charge is 2.24. The van der Waals surface area contributed by atoms with E-state index in [-0.39, 0.29) is 22.3 Å². The van der Waals surface area contributed by atoms with Gasteiger partial charge in [0.2, 0.25) is 16.9 Å². The van der Waals surface area contributed by atoms with Gasteiger partial charge in [0.1, 0.15) is 11.0 Å². The highest BCUT2D eigenvalue weighted by Crippen LogP contribution is 2.44. The molecule has 0 aliphatic carbocycles. The maximum atomic E-state index is 13.0. The van der Waals surface area contributed by atoms with Crippen molar-refractivity contribution in [3.63, 3.8) is 0 Å². The van der Waals surface area contributed by atoms with Crippen LogP contribution in [0.4, 0.5) is 0 Å². The molecule has 0 aliphatic heterocycles. The molecular weight excluding hydrogens is 324 g/mol. The Bertz CT molecular complexity index is 959. The molecule has 0 N–H and O–H groups in total. The molecule has 6 heteroatoms. The summed E-state index contributed by atoms with van der Waals surface area (Å²) in [5.41, 5.74) is 0.701. The van der Waals surface area contributed by atoms with Gasteiger partial charge in [0, 0.05) is 11.6 Å². The minimum atomic E-state index is -0.347. The van der Waals surface area contributed by atoms with Crippen LogP contribution in [0.2, 0.25) is 0 Å². The van der Waals surface area contributed by atoms with Crippen LogP contribution in [-0.4, -0.2) is 28.4 Å². The van der Waals surface area contributed by atoms with Gasteiger partial charge < -0.3 is 23.4 Å². The fourth-order valence-electron chi connectivity index (χ4n) is 2.77. The van der Waals surface area contributed by atoms with Gasteiger partial charge in [-0.05, 0) is 0 Å². The maximum absolute atomic E-state index is 13.0. The average molecular weight is 342 g/mol. The van der Waals surface area contributed by atoms with Crippen LogP contribution in [0.3, 0.4) is 0 Å². The minimum Gasteiger partial charge on any atom is -0.493 e. The molecule has 0 spiro atoms. The summed E-state index contributed by atoms with van der Waals surface area (Å²) < 4.78 is 27.4. The number of hydrogen-bond donors (Lipinski definition) is 0. The van der Waals surface area contributed by atoms with Crippen molar-refractivity contribution >= 4 is 11.0 Å². The zero-order valence-corrected chi connectivity index (χ0v) is 14.4. The molecule has 0 radical (unpaired) electrons. The molecule has 1 aromatic heterocycles. The Balaban J connectivity index is 2.46. The summed E-state index contributed by atoms with van der Waals surface area (Å²) in [6.07, 6.45) is 0. The van der Waals surface area contributed by atoms with E-state index in [9.17, 15) is 4.79 Å². The summed E-state index contributed by atoms with van der Waals surface area (Å²) in [5.74, 6) is 1.40. The van der Waals surface area contributed by atoms with E-state index in [0.717, 1.165) is 5.56 Å². The number of fused-ring (bicyclic) bond motifs is 1. The van der Waals surface area contributed by atoms with Crippen molar-refractivity contribution in [3.05, 3.63) is 46.6 Å². The van der Waals surface area contributed by atoms with E-state index in [4.69, 9.17) is 23.4 Å². The second kappa shape index (κ2) is 6.76. The van der Waals surface area contributed by atoms with Gasteiger partial charge in [-0.25, -0.2) is 0 Å². The molecule has 0 bridgehead atoms. The number of benzene rings is 2. The average Bonchev–Trinajstić information content (AvgIpc) is 2.66. The van der Waals surface area contributed by atoms with E-state index < -0.39 is 0 Å². The van der Waals surface area contributed by atoms with Crippen molar-refractivity contribution in [1.29, 1.82) is 0 Å². The van der Waals surface area contributed by atoms with Crippen molar-refractivity contribution in [2.24, 2.45) is 0 Å². The molecule has 25 heavy (non-hydrogen) atoms. The Hall–Kier alpha value is -3.15. The summed E-state index contributed by atoms with van der Waals surface area (Å²) in [6, 6.07) is 10.9. The first-order valence-electron chi connectivity index (χ1n) is 7.55. The van der Waals surface area contributed by atoms with E-state index in [1.165, 1.54) is 28.4 Å². The van der Waals surface area contributed by atoms with Gasteiger partial charge in [0.25, 0.3) is 0 Å². The van der Waals surface area contributed by atoms with Crippen molar-refractivity contribution in [2.45, 2.75) is 0 Å². The fourth-order valence-corrected chi connectivity index (χ4v) is 2.77. The topological polar surface area (TPSA) is 67.1 Å². The van der Waals surface area contributed by atoms with Gasteiger partial charge >= 0.3 is 0 Å². The molecule has 0 saturated carbocycles. The first kappa shape index (κ1) is 16.7. The van der Waals surface area contributed by atoms with E-state index in [1.54, 1.807) is 6.07 Å². The Kier molecular flexibility index (Phi) is 4.52. The number of rotatable bonds is 5. The van der Waals surface area contributed by atoms with Crippen LogP contribution in [-0.2, 0) is 0 Å². The molecule has 2 aromatic carbocycles. The van der Waals surface area contributed by atoms with Crippen LogP contribution < -0.4 is 24.4 Å². The Labute approximate surface area is 144 Å². The van der Waals surface area contributed by atoms with Gasteiger partial charge in [0.05, 0.1) is 28.4 Å². The van der Waals surface area contributed by atoms with Gasteiger partial charge in [-0.3, -0.25) is 4.79 Å². The molecule has 0 fully saturated rings. The molecule has 0 amide bonds. The molecule has 6 nitrogen and oxygen atoms in total. The molecule has 1 heterocycles. The zero-order valence-electron chi connectivity index (χ0n) is 14.4. The van der Waals surface area contributed by atoms with Crippen LogP contribution in [0, 0.1) is 0 Å². The summed E-state index contributed by atoms with van der Waals surface area (Å²) in [5, 5.41) is 0.233. The van der Waals surface area contributed by atoms with Crippen LogP contribution in [0.25, 0.3) is 22.3 Å². The summed E-state index contributed by atoms with van der Waals surface area (Å²) >= 11 is 0. The maximum Gasteiger partial charge on any atom is 0.239 e. The molecule has 0 aliphatic rings. The van der Waals surface area contributed by atoms with Gasteiger partial charge in [-0.2, -0.15) is 0 Å². The summed E-state index contributed by atoms with van der Waals surface area (Å²) in [4.78, 5) is 13.0. The van der Waals surface area contributed by atoms with E-state index >= 15 is 0 Å². The lowest BCUT2D eigenvalue weighted by Crippen LogP contribution is -2.10. The standard InChI is InChI=1S/C19H18O6/c1-21-13-10-12-14(18(23-3)17(13)22-2)15(20)19(24-4)16(25-12)11-8-6-5-7-9-11/h5-10H,1-4H3. The van der Waals surface area contributed by atoms with E-state index in [2.05, 4.69) is 0 Å². The minimum absolute atomic E-state index is 0.101. The third-order valence-electron chi connectivity index (χ3n) is 3.89. The largest absolute Gasteiger partial charge is 0.493 e. The molecule has 0 unspecified atom stereocenters. The summed E-state index contributed by atoms with van der Waals surface area (Å²) in [6.45, 7) is 0. The first-order valence-corrected chi connectivity index (χ1v) is 7.55. The van der Waals surface area contributed by atoms with Gasteiger partial charge in [0.15, 0.2) is 17.3 Å². The summed E-state index contributed by atoms with van der Waals surface area (Å²) in [7, 11) is 5.86. The highest BCUT2D eigenvalue weighted by atomic mass is 16.5. The quantitative estimate of drug-likeness (QED) is 0.707. The van der Waals surface area contributed by atoms with Gasteiger partial charge in [-0.1, -0.05) is 30.3 Å². The van der Waals surface area contributed by atoms with Crippen molar-refractivity contribution in [3.8, 4) is 34.3 Å². The van der Waals surface area contributed by atoms with Crippen LogP contribution in [0.5, 0.6) is 23.0 Å². The van der Waals surface area contributed by atoms with Crippen LogP contribution in [0.1, 0.15) is 0 Å². The SMILES string of the molecule is COc1cc2oc(-c3ccccc3)c(OC)c(=O)c2c(OC)c1OC. The second-order valence-corrected chi connectivity index (χ2v) is 5.18. The number of hydrogen-bond acceptors (Lipinski definition) is 6. The predicted octanol–water partition coefficient (Wildman–Crippen LogP) is 3.49. The fraction of sp³-hybridized carbons (Fsp3) is 0.211. The monoisotopic (exact) mass is 342 g/mol. The smallest absolute Gasteiger partial charge is 0.239 e. The number of ether oxygens (including phenoxy) is 4. The van der Waals surface area contributed by atoms with E-state index in [1.807, 2.05) is 30.3 Å². The molecule has 3 rings (SSSR count). The third kappa shape index (κ3) is 2.65.